The molecule has 2 aliphatic heterocycles. The molecule has 2 bridgehead atoms. The van der Waals surface area contributed by atoms with Crippen molar-refractivity contribution in [2.45, 2.75) is 51.3 Å². The van der Waals surface area contributed by atoms with E-state index < -0.39 is 0 Å². The molecule has 3 nitrogen and oxygen atoms in total. The highest BCUT2D eigenvalue weighted by molar-refractivity contribution is 5.75. The van der Waals surface area contributed by atoms with Gasteiger partial charge in [-0.15, -0.1) is 0 Å². The summed E-state index contributed by atoms with van der Waals surface area (Å²) in [5, 5.41) is 0. The summed E-state index contributed by atoms with van der Waals surface area (Å²) in [6, 6.07) is 15.3. The maximum Gasteiger partial charge on any atom is 0.410 e. The second-order valence-electron chi connectivity index (χ2n) is 7.43. The molecule has 2 atom stereocenters. The van der Waals surface area contributed by atoms with E-state index in [2.05, 4.69) is 6.08 Å². The van der Waals surface area contributed by atoms with Gasteiger partial charge in [-0.25, -0.2) is 9.18 Å². The highest BCUT2D eigenvalue weighted by Crippen LogP contribution is 2.38. The SMILES string of the molecule is Cc1cccc(C2=CC3CCCC(C2)N3C(=O)OCc2ccccc2)c1F. The lowest BCUT2D eigenvalue weighted by molar-refractivity contribution is 0.0510. The summed E-state index contributed by atoms with van der Waals surface area (Å²) in [7, 11) is 0. The van der Waals surface area contributed by atoms with Crippen LogP contribution in [0.2, 0.25) is 0 Å². The van der Waals surface area contributed by atoms with Gasteiger partial charge >= 0.3 is 6.09 Å². The normalized spacial score (nSPS) is 21.6. The van der Waals surface area contributed by atoms with Crippen molar-refractivity contribution >= 4 is 11.7 Å². The molecule has 1 fully saturated rings. The first-order valence-electron chi connectivity index (χ1n) is 9.58. The molecule has 0 saturated carbocycles. The van der Waals surface area contributed by atoms with E-state index >= 15 is 0 Å². The number of aryl methyl sites for hydroxylation is 1. The van der Waals surface area contributed by atoms with Crippen molar-refractivity contribution in [3.8, 4) is 0 Å². The molecule has 1 saturated heterocycles. The fraction of sp³-hybridized carbons (Fsp3) is 0.348. The van der Waals surface area contributed by atoms with Gasteiger partial charge in [0.05, 0.1) is 6.04 Å². The zero-order valence-corrected chi connectivity index (χ0v) is 15.5. The number of hydrogen-bond acceptors (Lipinski definition) is 2. The molecular weight excluding hydrogens is 341 g/mol. The Morgan fingerprint density at radius 2 is 1.96 bits per heavy atom. The number of carbonyl (C=O) groups is 1. The van der Waals surface area contributed by atoms with Crippen molar-refractivity contribution < 1.29 is 13.9 Å². The van der Waals surface area contributed by atoms with Crippen LogP contribution >= 0.6 is 0 Å². The average molecular weight is 365 g/mol. The van der Waals surface area contributed by atoms with Crippen LogP contribution in [0.15, 0.2) is 54.6 Å². The Hall–Kier alpha value is -2.62. The molecule has 2 unspecified atom stereocenters. The molecule has 2 heterocycles. The van der Waals surface area contributed by atoms with Crippen molar-refractivity contribution in [1.29, 1.82) is 0 Å². The van der Waals surface area contributed by atoms with Gasteiger partial charge in [0.1, 0.15) is 12.4 Å². The van der Waals surface area contributed by atoms with E-state index in [0.29, 0.717) is 17.5 Å². The third-order valence-electron chi connectivity index (χ3n) is 5.59. The lowest BCUT2D eigenvalue weighted by Crippen LogP contribution is -2.51. The topological polar surface area (TPSA) is 29.5 Å². The van der Waals surface area contributed by atoms with Crippen LogP contribution in [-0.4, -0.2) is 23.1 Å². The van der Waals surface area contributed by atoms with Crippen LogP contribution in [-0.2, 0) is 11.3 Å². The smallest absolute Gasteiger partial charge is 0.410 e. The fourth-order valence-electron chi connectivity index (χ4n) is 4.20. The zero-order valence-electron chi connectivity index (χ0n) is 15.5. The zero-order chi connectivity index (χ0) is 18.8. The van der Waals surface area contributed by atoms with Gasteiger partial charge in [-0.2, -0.15) is 0 Å². The van der Waals surface area contributed by atoms with Crippen LogP contribution in [0.4, 0.5) is 9.18 Å². The van der Waals surface area contributed by atoms with E-state index in [9.17, 15) is 9.18 Å². The van der Waals surface area contributed by atoms with E-state index in [1.54, 1.807) is 13.0 Å². The number of ether oxygens (including phenoxy) is 1. The molecule has 2 aromatic carbocycles. The number of rotatable bonds is 3. The molecule has 4 heteroatoms. The lowest BCUT2D eigenvalue weighted by atomic mass is 9.82. The van der Waals surface area contributed by atoms with E-state index in [1.165, 1.54) is 0 Å². The number of hydrogen-bond donors (Lipinski definition) is 0. The molecule has 140 valence electrons. The number of fused-ring (bicyclic) bond motifs is 2. The summed E-state index contributed by atoms with van der Waals surface area (Å²) in [6.07, 6.45) is 5.38. The molecule has 0 radical (unpaired) electrons. The van der Waals surface area contributed by atoms with Gasteiger partial charge in [-0.3, -0.25) is 4.90 Å². The van der Waals surface area contributed by atoms with Crippen LogP contribution in [0.25, 0.3) is 5.57 Å². The van der Waals surface area contributed by atoms with Gasteiger partial charge in [-0.05, 0) is 49.3 Å². The Balaban J connectivity index is 1.53. The summed E-state index contributed by atoms with van der Waals surface area (Å²) >= 11 is 0. The van der Waals surface area contributed by atoms with Crippen molar-refractivity contribution in [3.63, 3.8) is 0 Å². The maximum atomic E-state index is 14.6. The van der Waals surface area contributed by atoms with Crippen molar-refractivity contribution in [2.75, 3.05) is 0 Å². The van der Waals surface area contributed by atoms with Crippen molar-refractivity contribution in [1.82, 2.24) is 4.90 Å². The average Bonchev–Trinajstić information content (AvgIpc) is 2.68. The molecule has 0 N–H and O–H groups in total. The van der Waals surface area contributed by atoms with Crippen LogP contribution < -0.4 is 0 Å². The number of benzene rings is 2. The van der Waals surface area contributed by atoms with Crippen LogP contribution in [0, 0.1) is 12.7 Å². The van der Waals surface area contributed by atoms with Gasteiger partial charge < -0.3 is 4.74 Å². The Morgan fingerprint density at radius 1 is 1.15 bits per heavy atom. The number of halogens is 1. The summed E-state index contributed by atoms with van der Waals surface area (Å²) in [5.41, 5.74) is 3.32. The minimum atomic E-state index is -0.270. The van der Waals surface area contributed by atoms with E-state index in [0.717, 1.165) is 30.4 Å². The summed E-state index contributed by atoms with van der Waals surface area (Å²) < 4.78 is 20.2. The van der Waals surface area contributed by atoms with Crippen LogP contribution in [0.5, 0.6) is 0 Å². The number of nitrogens with zero attached hydrogens (tertiary/aromatic N) is 1. The quantitative estimate of drug-likeness (QED) is 0.721. The van der Waals surface area contributed by atoms with Crippen molar-refractivity contribution in [3.05, 3.63) is 77.1 Å². The third kappa shape index (κ3) is 3.61. The number of piperidine rings is 1. The first kappa shape index (κ1) is 17.8. The third-order valence-corrected chi connectivity index (χ3v) is 5.59. The largest absolute Gasteiger partial charge is 0.445 e. The van der Waals surface area contributed by atoms with E-state index in [4.69, 9.17) is 4.74 Å². The predicted octanol–water partition coefficient (Wildman–Crippen LogP) is 5.48. The second kappa shape index (κ2) is 7.55. The molecule has 27 heavy (non-hydrogen) atoms. The minimum absolute atomic E-state index is 0.0179. The minimum Gasteiger partial charge on any atom is -0.445 e. The van der Waals surface area contributed by atoms with Gasteiger partial charge in [0.15, 0.2) is 0 Å². The first-order valence-corrected chi connectivity index (χ1v) is 9.58. The van der Waals surface area contributed by atoms with Gasteiger partial charge in [0.2, 0.25) is 0 Å². The molecule has 1 amide bonds. The molecule has 4 rings (SSSR count). The van der Waals surface area contributed by atoms with E-state index in [-0.39, 0.29) is 30.6 Å². The van der Waals surface area contributed by atoms with Gasteiger partial charge in [-0.1, -0.05) is 54.6 Å². The van der Waals surface area contributed by atoms with Crippen molar-refractivity contribution in [2.24, 2.45) is 0 Å². The monoisotopic (exact) mass is 365 g/mol. The lowest BCUT2D eigenvalue weighted by Gasteiger charge is -2.44. The number of carbonyl (C=O) groups excluding carboxylic acids is 1. The second-order valence-corrected chi connectivity index (χ2v) is 7.43. The van der Waals surface area contributed by atoms with Crippen LogP contribution in [0.3, 0.4) is 0 Å². The Kier molecular flexibility index (Phi) is 4.97. The van der Waals surface area contributed by atoms with Gasteiger partial charge in [0, 0.05) is 11.6 Å². The number of amides is 1. The summed E-state index contributed by atoms with van der Waals surface area (Å²) in [6.45, 7) is 2.06. The Morgan fingerprint density at radius 3 is 2.74 bits per heavy atom. The summed E-state index contributed by atoms with van der Waals surface area (Å²) in [5.74, 6) is -0.151. The predicted molar refractivity (Wildman–Crippen MR) is 104 cm³/mol. The highest BCUT2D eigenvalue weighted by Gasteiger charge is 2.38. The highest BCUT2D eigenvalue weighted by atomic mass is 19.1. The molecular formula is C23H24FNO2. The molecule has 0 aromatic heterocycles. The maximum absolute atomic E-state index is 14.6. The summed E-state index contributed by atoms with van der Waals surface area (Å²) in [4.78, 5) is 14.6. The molecule has 0 aliphatic carbocycles. The first-order chi connectivity index (χ1) is 13.1. The van der Waals surface area contributed by atoms with Crippen LogP contribution in [0.1, 0.15) is 42.4 Å². The molecule has 2 aromatic rings. The fourth-order valence-corrected chi connectivity index (χ4v) is 4.20. The molecule has 2 aliphatic rings. The standard InChI is InChI=1S/C23H24FNO2/c1-16-7-5-12-21(22(16)24)18-13-19-10-6-11-20(14-18)25(19)23(26)27-15-17-8-3-2-4-9-17/h2-5,7-9,12-13,19-20H,6,10-11,14-15H2,1H3. The molecule has 0 spiro atoms. The Labute approximate surface area is 159 Å². The van der Waals surface area contributed by atoms with E-state index in [1.807, 2.05) is 47.4 Å². The van der Waals surface area contributed by atoms with Gasteiger partial charge in [0.25, 0.3) is 0 Å². The Bertz CT molecular complexity index is 862.